The van der Waals surface area contributed by atoms with E-state index in [4.69, 9.17) is 10.6 Å². The van der Waals surface area contributed by atoms with Crippen LogP contribution < -0.4 is 20.9 Å². The lowest BCUT2D eigenvalue weighted by atomic mass is 9.86. The minimum Gasteiger partial charge on any atom is -0.497 e. The average molecular weight is 331 g/mol. The van der Waals surface area contributed by atoms with Crippen LogP contribution in [0.3, 0.4) is 0 Å². The zero-order valence-corrected chi connectivity index (χ0v) is 15.3. The van der Waals surface area contributed by atoms with Gasteiger partial charge in [-0.2, -0.15) is 0 Å². The molecule has 1 amide bonds. The van der Waals surface area contributed by atoms with Crippen LogP contribution in [-0.4, -0.2) is 24.6 Å². The number of hydrogen-bond acceptors (Lipinski definition) is 4. The van der Waals surface area contributed by atoms with Crippen LogP contribution >= 0.6 is 0 Å². The van der Waals surface area contributed by atoms with Crippen LogP contribution in [0, 0.1) is 0 Å². The molecule has 0 saturated carbocycles. The van der Waals surface area contributed by atoms with Crippen molar-refractivity contribution in [3.8, 4) is 5.75 Å². The summed E-state index contributed by atoms with van der Waals surface area (Å²) in [4.78, 5) is 14.7. The van der Waals surface area contributed by atoms with Gasteiger partial charge in [0.1, 0.15) is 11.8 Å². The standard InChI is InChI=1S/C19H29N3O2/c1-6-7-8-16(18(23)21-20)22-17-11-14(24-5)9-10-15(17)13(2)12-19(22,3)4/h9-12,16H,6-8,20H2,1-5H3,(H,21,23)/t16-/m1/s1. The summed E-state index contributed by atoms with van der Waals surface area (Å²) in [7, 11) is 1.66. The molecule has 0 bridgehead atoms. The Labute approximate surface area is 144 Å². The van der Waals surface area contributed by atoms with Gasteiger partial charge in [0, 0.05) is 17.3 Å². The molecule has 0 fully saturated rings. The number of methoxy groups -OCH3 is 1. The molecule has 1 aliphatic rings. The van der Waals surface area contributed by atoms with Crippen molar-refractivity contribution in [1.82, 2.24) is 5.43 Å². The topological polar surface area (TPSA) is 67.6 Å². The molecule has 1 aliphatic heterocycles. The largest absolute Gasteiger partial charge is 0.497 e. The lowest BCUT2D eigenvalue weighted by molar-refractivity contribution is -0.122. The second-order valence-corrected chi connectivity index (χ2v) is 6.90. The third-order valence-electron chi connectivity index (χ3n) is 4.67. The summed E-state index contributed by atoms with van der Waals surface area (Å²) in [5.41, 5.74) is 5.40. The Bertz CT molecular complexity index is 637. The van der Waals surface area contributed by atoms with E-state index in [1.54, 1.807) is 7.11 Å². The van der Waals surface area contributed by atoms with Gasteiger partial charge >= 0.3 is 0 Å². The number of unbranched alkanes of at least 4 members (excludes halogenated alkanes) is 1. The molecule has 1 heterocycles. The van der Waals surface area contributed by atoms with Gasteiger partial charge in [-0.1, -0.05) is 25.8 Å². The summed E-state index contributed by atoms with van der Waals surface area (Å²) in [5.74, 6) is 6.11. The van der Waals surface area contributed by atoms with Crippen molar-refractivity contribution in [2.75, 3.05) is 12.0 Å². The van der Waals surface area contributed by atoms with Crippen molar-refractivity contribution in [3.63, 3.8) is 0 Å². The molecule has 0 spiro atoms. The third kappa shape index (κ3) is 3.41. The summed E-state index contributed by atoms with van der Waals surface area (Å²) in [6, 6.07) is 5.70. The zero-order valence-electron chi connectivity index (χ0n) is 15.3. The molecule has 0 aromatic heterocycles. The summed E-state index contributed by atoms with van der Waals surface area (Å²) in [5, 5.41) is 0. The number of hydrazine groups is 1. The Hall–Kier alpha value is -2.01. The molecule has 5 heteroatoms. The van der Waals surface area contributed by atoms with E-state index >= 15 is 0 Å². The van der Waals surface area contributed by atoms with Gasteiger partial charge in [-0.05, 0) is 44.9 Å². The number of ether oxygens (including phenoxy) is 1. The molecule has 2 rings (SSSR count). The Morgan fingerprint density at radius 2 is 2.12 bits per heavy atom. The lowest BCUT2D eigenvalue weighted by Crippen LogP contribution is -2.57. The van der Waals surface area contributed by atoms with E-state index in [2.05, 4.69) is 50.2 Å². The van der Waals surface area contributed by atoms with Crippen LogP contribution in [0.5, 0.6) is 5.75 Å². The summed E-state index contributed by atoms with van der Waals surface area (Å²) >= 11 is 0. The molecule has 24 heavy (non-hydrogen) atoms. The third-order valence-corrected chi connectivity index (χ3v) is 4.67. The fourth-order valence-electron chi connectivity index (χ4n) is 3.60. The Morgan fingerprint density at radius 3 is 2.71 bits per heavy atom. The predicted octanol–water partition coefficient (Wildman–Crippen LogP) is 3.25. The van der Waals surface area contributed by atoms with Crippen LogP contribution in [0.15, 0.2) is 24.3 Å². The van der Waals surface area contributed by atoms with E-state index < -0.39 is 0 Å². The molecule has 1 aromatic carbocycles. The number of benzene rings is 1. The van der Waals surface area contributed by atoms with Crippen LogP contribution in [0.25, 0.3) is 5.57 Å². The highest BCUT2D eigenvalue weighted by molar-refractivity contribution is 5.90. The summed E-state index contributed by atoms with van der Waals surface area (Å²) in [6.07, 6.45) is 4.96. The molecule has 0 saturated heterocycles. The summed E-state index contributed by atoms with van der Waals surface area (Å²) in [6.45, 7) is 8.48. The van der Waals surface area contributed by atoms with Crippen molar-refractivity contribution >= 4 is 17.2 Å². The molecule has 132 valence electrons. The van der Waals surface area contributed by atoms with E-state index in [1.807, 2.05) is 12.1 Å². The van der Waals surface area contributed by atoms with E-state index in [0.717, 1.165) is 36.3 Å². The van der Waals surface area contributed by atoms with Crippen molar-refractivity contribution in [3.05, 3.63) is 29.8 Å². The fourth-order valence-corrected chi connectivity index (χ4v) is 3.60. The Kier molecular flexibility index (Phi) is 5.54. The maximum Gasteiger partial charge on any atom is 0.256 e. The van der Waals surface area contributed by atoms with E-state index in [1.165, 1.54) is 5.57 Å². The van der Waals surface area contributed by atoms with Crippen molar-refractivity contribution in [1.29, 1.82) is 0 Å². The summed E-state index contributed by atoms with van der Waals surface area (Å²) < 4.78 is 5.41. The number of anilines is 1. The highest BCUT2D eigenvalue weighted by Gasteiger charge is 2.39. The number of nitrogens with one attached hydrogen (secondary N) is 1. The molecular formula is C19H29N3O2. The number of carbonyl (C=O) groups is 1. The number of fused-ring (bicyclic) bond motifs is 1. The van der Waals surface area contributed by atoms with Gasteiger partial charge in [0.25, 0.3) is 5.91 Å². The lowest BCUT2D eigenvalue weighted by Gasteiger charge is -2.47. The number of carbonyl (C=O) groups excluding carboxylic acids is 1. The van der Waals surface area contributed by atoms with E-state index in [-0.39, 0.29) is 17.5 Å². The maximum atomic E-state index is 12.5. The quantitative estimate of drug-likeness (QED) is 0.477. The first-order chi connectivity index (χ1) is 11.4. The van der Waals surface area contributed by atoms with Gasteiger partial charge in [-0.3, -0.25) is 10.2 Å². The van der Waals surface area contributed by atoms with Gasteiger partial charge in [-0.15, -0.1) is 0 Å². The molecule has 0 radical (unpaired) electrons. The molecule has 3 N–H and O–H groups in total. The highest BCUT2D eigenvalue weighted by atomic mass is 16.5. The first-order valence-electron chi connectivity index (χ1n) is 8.53. The van der Waals surface area contributed by atoms with Crippen LogP contribution in [0.2, 0.25) is 0 Å². The van der Waals surface area contributed by atoms with Gasteiger partial charge in [0.05, 0.1) is 12.6 Å². The van der Waals surface area contributed by atoms with Crippen LogP contribution in [0.1, 0.15) is 52.5 Å². The number of nitrogens with zero attached hydrogens (tertiary/aromatic N) is 1. The first-order valence-corrected chi connectivity index (χ1v) is 8.53. The number of nitrogens with two attached hydrogens (primary N) is 1. The number of allylic oxidation sites excluding steroid dienone is 1. The highest BCUT2D eigenvalue weighted by Crippen LogP contribution is 2.42. The Morgan fingerprint density at radius 1 is 1.42 bits per heavy atom. The normalized spacial score (nSPS) is 16.9. The number of rotatable bonds is 6. The van der Waals surface area contributed by atoms with Crippen molar-refractivity contribution < 1.29 is 9.53 Å². The van der Waals surface area contributed by atoms with Gasteiger partial charge in [0.15, 0.2) is 0 Å². The molecule has 0 unspecified atom stereocenters. The van der Waals surface area contributed by atoms with Gasteiger partial charge in [-0.25, -0.2) is 5.84 Å². The second-order valence-electron chi connectivity index (χ2n) is 6.90. The molecule has 1 aromatic rings. The monoisotopic (exact) mass is 331 g/mol. The number of amides is 1. The maximum absolute atomic E-state index is 12.5. The number of hydrogen-bond donors (Lipinski definition) is 2. The van der Waals surface area contributed by atoms with Crippen LogP contribution in [0.4, 0.5) is 5.69 Å². The molecule has 1 atom stereocenters. The van der Waals surface area contributed by atoms with Gasteiger partial charge in [0.2, 0.25) is 0 Å². The van der Waals surface area contributed by atoms with Crippen LogP contribution in [-0.2, 0) is 4.79 Å². The predicted molar refractivity (Wildman–Crippen MR) is 98.8 cm³/mol. The van der Waals surface area contributed by atoms with E-state index in [9.17, 15) is 4.79 Å². The fraction of sp³-hybridized carbons (Fsp3) is 0.526. The van der Waals surface area contributed by atoms with Crippen molar-refractivity contribution in [2.24, 2.45) is 5.84 Å². The van der Waals surface area contributed by atoms with Gasteiger partial charge < -0.3 is 9.64 Å². The molecule has 5 nitrogen and oxygen atoms in total. The minimum absolute atomic E-state index is 0.154. The van der Waals surface area contributed by atoms with E-state index in [0.29, 0.717) is 0 Å². The smallest absolute Gasteiger partial charge is 0.256 e. The zero-order chi connectivity index (χ0) is 17.9. The molecular weight excluding hydrogens is 302 g/mol. The second kappa shape index (κ2) is 7.26. The Balaban J connectivity index is 2.58. The molecule has 0 aliphatic carbocycles. The SMILES string of the molecule is CCCC[C@H](C(=O)NN)N1c2cc(OC)ccc2C(C)=CC1(C)C. The first kappa shape index (κ1) is 18.3. The average Bonchev–Trinajstić information content (AvgIpc) is 2.55. The minimum atomic E-state index is -0.319. The van der Waals surface area contributed by atoms with Crippen molar-refractivity contribution in [2.45, 2.75) is 58.5 Å².